The Labute approximate surface area is 123 Å². The van der Waals surface area contributed by atoms with Crippen LogP contribution in [0.25, 0.3) is 6.08 Å². The topological polar surface area (TPSA) is 66.4 Å². The highest BCUT2D eigenvalue weighted by atomic mass is 16.4. The number of carbonyl (C=O) groups is 2. The lowest BCUT2D eigenvalue weighted by Crippen LogP contribution is -2.29. The normalized spacial score (nSPS) is 26.6. The molecule has 21 heavy (non-hydrogen) atoms. The van der Waals surface area contributed by atoms with Crippen molar-refractivity contribution in [3.05, 3.63) is 41.5 Å². The zero-order chi connectivity index (χ0) is 14.8. The van der Waals surface area contributed by atoms with Gasteiger partial charge in [0.15, 0.2) is 0 Å². The number of rotatable bonds is 5. The quantitative estimate of drug-likeness (QED) is 0.817. The number of carboxylic acids is 1. The van der Waals surface area contributed by atoms with Gasteiger partial charge in [-0.25, -0.2) is 4.79 Å². The molecule has 4 nitrogen and oxygen atoms in total. The Hall–Kier alpha value is -2.10. The second-order valence-electron chi connectivity index (χ2n) is 6.06. The molecule has 3 rings (SSSR count). The number of fused-ring (bicyclic) bond motifs is 1. The van der Waals surface area contributed by atoms with Crippen LogP contribution in [0.3, 0.4) is 0 Å². The molecular formula is C17H19NO3. The van der Waals surface area contributed by atoms with Crippen molar-refractivity contribution in [1.29, 1.82) is 0 Å². The van der Waals surface area contributed by atoms with Crippen molar-refractivity contribution in [1.82, 2.24) is 5.32 Å². The van der Waals surface area contributed by atoms with E-state index < -0.39 is 5.97 Å². The number of aliphatic carboxylic acids is 1. The van der Waals surface area contributed by atoms with Crippen LogP contribution in [0.5, 0.6) is 0 Å². The molecular weight excluding hydrogens is 266 g/mol. The average Bonchev–Trinajstić information content (AvgIpc) is 3.09. The molecule has 2 N–H and O–H groups in total. The lowest BCUT2D eigenvalue weighted by molar-refractivity contribution is -0.131. The highest BCUT2D eigenvalue weighted by molar-refractivity contribution is 5.85. The van der Waals surface area contributed by atoms with Crippen molar-refractivity contribution < 1.29 is 14.7 Å². The third-order valence-corrected chi connectivity index (χ3v) is 4.48. The summed E-state index contributed by atoms with van der Waals surface area (Å²) in [6, 6.07) is 7.53. The van der Waals surface area contributed by atoms with Crippen LogP contribution in [0.1, 0.15) is 30.4 Å². The van der Waals surface area contributed by atoms with Gasteiger partial charge in [0.25, 0.3) is 0 Å². The summed E-state index contributed by atoms with van der Waals surface area (Å²) in [5.74, 6) is 1.08. The van der Waals surface area contributed by atoms with E-state index in [-0.39, 0.29) is 11.8 Å². The first-order valence-corrected chi connectivity index (χ1v) is 7.39. The third-order valence-electron chi connectivity index (χ3n) is 4.48. The van der Waals surface area contributed by atoms with E-state index in [1.807, 2.05) is 24.3 Å². The molecule has 4 heteroatoms. The molecule has 2 atom stereocenters. The van der Waals surface area contributed by atoms with E-state index in [1.54, 1.807) is 6.08 Å². The second kappa shape index (κ2) is 5.72. The zero-order valence-electron chi connectivity index (χ0n) is 11.8. The van der Waals surface area contributed by atoms with Crippen molar-refractivity contribution in [2.24, 2.45) is 17.8 Å². The maximum absolute atomic E-state index is 12.0. The van der Waals surface area contributed by atoms with Crippen molar-refractivity contribution in [2.75, 3.05) is 0 Å². The number of nitrogens with one attached hydrogen (secondary N) is 1. The summed E-state index contributed by atoms with van der Waals surface area (Å²) >= 11 is 0. The van der Waals surface area contributed by atoms with Crippen molar-refractivity contribution >= 4 is 18.0 Å². The number of hydrogen-bond acceptors (Lipinski definition) is 2. The Kier molecular flexibility index (Phi) is 3.78. The van der Waals surface area contributed by atoms with Gasteiger partial charge in [0.05, 0.1) is 0 Å². The molecule has 2 unspecified atom stereocenters. The van der Waals surface area contributed by atoms with E-state index >= 15 is 0 Å². The van der Waals surface area contributed by atoms with Crippen LogP contribution in [0, 0.1) is 17.8 Å². The Morgan fingerprint density at radius 3 is 2.43 bits per heavy atom. The molecule has 0 aromatic heterocycles. The van der Waals surface area contributed by atoms with Crippen molar-refractivity contribution in [2.45, 2.75) is 25.8 Å². The highest BCUT2D eigenvalue weighted by Crippen LogP contribution is 2.54. The molecule has 2 aliphatic rings. The summed E-state index contributed by atoms with van der Waals surface area (Å²) in [5.41, 5.74) is 1.86. The number of carbonyl (C=O) groups excluding carboxylic acids is 1. The molecule has 0 saturated heterocycles. The zero-order valence-corrected chi connectivity index (χ0v) is 11.8. The van der Waals surface area contributed by atoms with Gasteiger partial charge in [-0.2, -0.15) is 0 Å². The Morgan fingerprint density at radius 2 is 1.81 bits per heavy atom. The molecule has 0 bridgehead atoms. The summed E-state index contributed by atoms with van der Waals surface area (Å²) in [4.78, 5) is 22.5. The van der Waals surface area contributed by atoms with Crippen LogP contribution in [0.4, 0.5) is 0 Å². The number of carboxylic acid groups (broad SMARTS) is 1. The molecule has 0 radical (unpaired) electrons. The summed E-state index contributed by atoms with van der Waals surface area (Å²) in [7, 11) is 0. The first kappa shape index (κ1) is 13.9. The van der Waals surface area contributed by atoms with Crippen LogP contribution in [0.2, 0.25) is 0 Å². The van der Waals surface area contributed by atoms with Crippen LogP contribution >= 0.6 is 0 Å². The van der Waals surface area contributed by atoms with Gasteiger partial charge in [0.1, 0.15) is 0 Å². The monoisotopic (exact) mass is 285 g/mol. The molecule has 1 aromatic rings. The molecule has 2 aliphatic carbocycles. The largest absolute Gasteiger partial charge is 0.478 e. The van der Waals surface area contributed by atoms with Gasteiger partial charge in [-0.3, -0.25) is 4.79 Å². The van der Waals surface area contributed by atoms with E-state index in [1.165, 1.54) is 6.42 Å². The van der Waals surface area contributed by atoms with E-state index in [0.717, 1.165) is 41.9 Å². The lowest BCUT2D eigenvalue weighted by Gasteiger charge is -2.12. The number of benzene rings is 1. The fourth-order valence-corrected chi connectivity index (χ4v) is 3.18. The van der Waals surface area contributed by atoms with E-state index in [2.05, 4.69) is 5.32 Å². The molecule has 2 saturated carbocycles. The van der Waals surface area contributed by atoms with Crippen LogP contribution in [-0.2, 0) is 16.1 Å². The van der Waals surface area contributed by atoms with Crippen LogP contribution < -0.4 is 5.32 Å². The molecule has 1 amide bonds. The number of hydrogen-bond donors (Lipinski definition) is 2. The highest BCUT2D eigenvalue weighted by Gasteiger charge is 2.47. The minimum Gasteiger partial charge on any atom is -0.478 e. The fourth-order valence-electron chi connectivity index (χ4n) is 3.18. The van der Waals surface area contributed by atoms with Gasteiger partial charge in [0.2, 0.25) is 5.91 Å². The molecule has 0 spiro atoms. The maximum Gasteiger partial charge on any atom is 0.328 e. The van der Waals surface area contributed by atoms with Gasteiger partial charge in [-0.15, -0.1) is 0 Å². The first-order chi connectivity index (χ1) is 10.1. The predicted octanol–water partition coefficient (Wildman–Crippen LogP) is 2.45. The van der Waals surface area contributed by atoms with Gasteiger partial charge in [0, 0.05) is 18.5 Å². The van der Waals surface area contributed by atoms with E-state index in [9.17, 15) is 9.59 Å². The minimum atomic E-state index is -0.957. The van der Waals surface area contributed by atoms with E-state index in [4.69, 9.17) is 5.11 Å². The van der Waals surface area contributed by atoms with Gasteiger partial charge in [-0.1, -0.05) is 24.3 Å². The smallest absolute Gasteiger partial charge is 0.328 e. The summed E-state index contributed by atoms with van der Waals surface area (Å²) in [5, 5.41) is 11.6. The van der Waals surface area contributed by atoms with Crippen molar-refractivity contribution in [3.8, 4) is 0 Å². The molecule has 0 heterocycles. The summed E-state index contributed by atoms with van der Waals surface area (Å²) in [6.07, 6.45) is 6.12. The summed E-state index contributed by atoms with van der Waals surface area (Å²) < 4.78 is 0. The van der Waals surface area contributed by atoms with E-state index in [0.29, 0.717) is 6.54 Å². The lowest BCUT2D eigenvalue weighted by atomic mass is 10.0. The number of amides is 1. The second-order valence-corrected chi connectivity index (χ2v) is 6.06. The maximum atomic E-state index is 12.0. The Bertz CT molecular complexity index is 566. The average molecular weight is 285 g/mol. The fraction of sp³-hybridized carbons (Fsp3) is 0.412. The molecule has 1 aromatic carbocycles. The Morgan fingerprint density at radius 1 is 1.14 bits per heavy atom. The van der Waals surface area contributed by atoms with Crippen molar-refractivity contribution in [3.63, 3.8) is 0 Å². The van der Waals surface area contributed by atoms with Crippen LogP contribution in [0.15, 0.2) is 30.3 Å². The van der Waals surface area contributed by atoms with Gasteiger partial charge >= 0.3 is 5.97 Å². The SMILES string of the molecule is O=C(O)/C=C/c1ccc(CNC(=O)C2CC3CC3C2)cc1. The molecule has 110 valence electrons. The predicted molar refractivity (Wildman–Crippen MR) is 79.3 cm³/mol. The molecule has 2 fully saturated rings. The summed E-state index contributed by atoms with van der Waals surface area (Å²) in [6.45, 7) is 0.535. The first-order valence-electron chi connectivity index (χ1n) is 7.39. The molecule has 0 aliphatic heterocycles. The Balaban J connectivity index is 1.48. The van der Waals surface area contributed by atoms with Crippen LogP contribution in [-0.4, -0.2) is 17.0 Å². The van der Waals surface area contributed by atoms with Gasteiger partial charge in [-0.05, 0) is 48.3 Å². The standard InChI is InChI=1S/C17H19NO3/c19-16(20)6-5-11-1-3-12(4-2-11)10-18-17(21)15-8-13-7-14(13)9-15/h1-6,13-15H,7-10H2,(H,18,21)(H,19,20)/b6-5+. The third kappa shape index (κ3) is 3.51. The minimum absolute atomic E-state index is 0.178. The van der Waals surface area contributed by atoms with Gasteiger partial charge < -0.3 is 10.4 Å².